The Morgan fingerprint density at radius 3 is 0.957 bits per heavy atom. The van der Waals surface area contributed by atoms with E-state index in [4.69, 9.17) is 0 Å². The van der Waals surface area contributed by atoms with Crippen LogP contribution in [0.1, 0.15) is 134 Å². The third-order valence-corrected chi connectivity index (χ3v) is 13.7. The first-order valence-electron chi connectivity index (χ1n) is 23.0. The monoisotopic (exact) mass is 1070 g/mol. The van der Waals surface area contributed by atoms with Crippen molar-refractivity contribution in [3.05, 3.63) is 196 Å². The van der Waals surface area contributed by atoms with Crippen LogP contribution in [0.25, 0.3) is 43.8 Å². The third kappa shape index (κ3) is 14.2. The molecule has 0 atom stereocenters. The van der Waals surface area contributed by atoms with Crippen LogP contribution >= 0.6 is 0 Å². The summed E-state index contributed by atoms with van der Waals surface area (Å²) in [5.74, 6) is 0. The summed E-state index contributed by atoms with van der Waals surface area (Å²) in [6.07, 6.45) is 1.28. The molecule has 8 rings (SSSR count). The molecule has 0 N–H and O–H groups in total. The van der Waals surface area contributed by atoms with Crippen molar-refractivity contribution in [2.75, 3.05) is 0 Å². The Bertz CT molecular complexity index is 2740. The molecule has 70 heavy (non-hydrogen) atoms. The van der Waals surface area contributed by atoms with Crippen LogP contribution in [0.15, 0.2) is 146 Å². The van der Waals surface area contributed by atoms with E-state index in [9.17, 15) is 26.3 Å². The van der Waals surface area contributed by atoms with Gasteiger partial charge in [0.05, 0.1) is 0 Å². The topological polar surface area (TPSA) is 0 Å². The van der Waals surface area contributed by atoms with E-state index in [1.807, 2.05) is 60.7 Å². The van der Waals surface area contributed by atoms with E-state index in [0.717, 1.165) is 56.1 Å². The molecule has 0 aromatic heterocycles. The predicted octanol–water partition coefficient (Wildman–Crippen LogP) is 12.4. The fourth-order valence-electron chi connectivity index (χ4n) is 8.46. The summed E-state index contributed by atoms with van der Waals surface area (Å²) in [6.45, 7) is 28.0. The number of alkyl halides is 6. The fraction of sp³-hybridized carbons (Fsp3) is 0.311. The summed E-state index contributed by atoms with van der Waals surface area (Å²) in [4.78, 5) is 0. The maximum Gasteiger partial charge on any atom is -0.109 e. The van der Waals surface area contributed by atoms with E-state index in [1.54, 1.807) is 0 Å². The fourth-order valence-corrected chi connectivity index (χ4v) is 9.28. The molecule has 1 aliphatic carbocycles. The second kappa shape index (κ2) is 22.1. The molecule has 0 heterocycles. The van der Waals surface area contributed by atoms with Crippen molar-refractivity contribution in [2.24, 2.45) is 0 Å². The molecule has 0 bridgehead atoms. The zero-order valence-electron chi connectivity index (χ0n) is 42.1. The molecule has 0 spiro atoms. The van der Waals surface area contributed by atoms with Crippen molar-refractivity contribution in [2.45, 2.75) is 124 Å². The minimum absolute atomic E-state index is 0. The van der Waals surface area contributed by atoms with Gasteiger partial charge in [0.15, 0.2) is 0 Å². The van der Waals surface area contributed by atoms with Gasteiger partial charge in [0.25, 0.3) is 0 Å². The van der Waals surface area contributed by atoms with Gasteiger partial charge < -0.3 is 24.8 Å². The number of hydrogen-bond acceptors (Lipinski definition) is 0. The molecule has 0 aliphatic heterocycles. The molecular formula is C61H62Cl2F6Zr-2. The molecule has 7 aromatic rings. The molecule has 0 saturated carbocycles. The number of hydrogen-bond donors (Lipinski definition) is 0. The predicted molar refractivity (Wildman–Crippen MR) is 270 cm³/mol. The summed E-state index contributed by atoms with van der Waals surface area (Å²) in [5.41, 5.74) is 10.1. The molecule has 9 heteroatoms. The van der Waals surface area contributed by atoms with E-state index in [1.165, 1.54) is 92.3 Å². The number of fused-ring (bicyclic) bond motifs is 3. The summed E-state index contributed by atoms with van der Waals surface area (Å²) in [5, 5.41) is 5.57. The van der Waals surface area contributed by atoms with Crippen LogP contribution in [0.4, 0.5) is 26.3 Å². The Morgan fingerprint density at radius 1 is 0.443 bits per heavy atom. The average Bonchev–Trinajstić information content (AvgIpc) is 3.96. The van der Waals surface area contributed by atoms with Gasteiger partial charge in [-0.15, -0.1) is 46.2 Å². The molecular weight excluding hydrogens is 1010 g/mol. The SMILES string of the molecule is CC(C)(C)c1cc2[cH-]c3cc(C(C)(C)C)c(C(C)(C)C)cc3c2cc1C(C)(C)C.FC(F)(F)c1ccc(-c2ccc([C](=[Zr+2])c3ccc(-c4ccc(C(F)(F)F)cc4)cc3)cc2)cc1.[C-]1=CC=CC1.[Cl-].[Cl-]. The van der Waals surface area contributed by atoms with Gasteiger partial charge in [-0.25, -0.2) is 12.2 Å². The van der Waals surface area contributed by atoms with E-state index < -0.39 is 23.5 Å². The summed E-state index contributed by atoms with van der Waals surface area (Å²) >= 11 is 1.18. The van der Waals surface area contributed by atoms with Gasteiger partial charge in [-0.05, 0) is 21.7 Å². The number of halogens is 8. The van der Waals surface area contributed by atoms with E-state index in [2.05, 4.69) is 126 Å². The summed E-state index contributed by atoms with van der Waals surface area (Å²) in [7, 11) is 0. The summed E-state index contributed by atoms with van der Waals surface area (Å²) < 4.78 is 77.7. The smallest absolute Gasteiger partial charge is 0.109 e. The van der Waals surface area contributed by atoms with Gasteiger partial charge in [0, 0.05) is 0 Å². The molecule has 0 amide bonds. The normalized spacial score (nSPS) is 13.0. The van der Waals surface area contributed by atoms with E-state index in [0.29, 0.717) is 11.1 Å². The Balaban J connectivity index is 0.000000272. The molecule has 7 aromatic carbocycles. The second-order valence-corrected chi connectivity index (χ2v) is 23.0. The first-order chi connectivity index (χ1) is 31.4. The van der Waals surface area contributed by atoms with Crippen molar-refractivity contribution >= 4 is 24.8 Å². The van der Waals surface area contributed by atoms with Gasteiger partial charge >= 0.3 is 208 Å². The molecule has 0 nitrogen and oxygen atoms in total. The first-order valence-corrected chi connectivity index (χ1v) is 24.3. The molecule has 1 aliphatic rings. The van der Waals surface area contributed by atoms with Crippen molar-refractivity contribution in [3.8, 4) is 22.3 Å². The van der Waals surface area contributed by atoms with Gasteiger partial charge in [-0.1, -0.05) is 117 Å². The van der Waals surface area contributed by atoms with Crippen LogP contribution in [-0.2, 0) is 58.2 Å². The van der Waals surface area contributed by atoms with Crippen molar-refractivity contribution < 1.29 is 75.4 Å². The van der Waals surface area contributed by atoms with E-state index >= 15 is 0 Å². The standard InChI is InChI=1S/C29H41.C27H16F6.C5H5.2ClH.Zr/c1-26(2,3)22-14-18-13-19-15-23(27(4,5)6)25(29(10,11)12)17-21(19)20(18)16-24(22)28(7,8)9;28-26(29,30)24-13-9-22(10-14-24)20-5-1-18(2-6-20)17-19-3-7-21(8-4-19)23-11-15-25(16-12-23)27(31,32)33;1-2-4-5-3-1;;;/h13-17H,1-12H3;1-16H;1-3H,4H2;2*1H;/q-1;;-1;;;+2/p-2. The third-order valence-electron chi connectivity index (χ3n) is 12.2. The van der Waals surface area contributed by atoms with Gasteiger partial charge in [0.1, 0.15) is 0 Å². The average molecular weight is 1070 g/mol. The van der Waals surface area contributed by atoms with Crippen molar-refractivity contribution in [1.82, 2.24) is 0 Å². The van der Waals surface area contributed by atoms with Gasteiger partial charge in [-0.2, -0.15) is 6.08 Å². The van der Waals surface area contributed by atoms with Crippen LogP contribution in [0.2, 0.25) is 0 Å². The largest absolute Gasteiger partial charge is 1.00 e. The second-order valence-electron chi connectivity index (χ2n) is 21.8. The maximum absolute atomic E-state index is 12.8. The Hall–Kier alpha value is -4.42. The van der Waals surface area contributed by atoms with Gasteiger partial charge in [-0.3, -0.25) is 6.08 Å². The number of allylic oxidation sites excluding steroid dienone is 4. The van der Waals surface area contributed by atoms with Crippen LogP contribution in [0.5, 0.6) is 0 Å². The zero-order valence-corrected chi connectivity index (χ0v) is 46.1. The first kappa shape index (κ1) is 58.2. The van der Waals surface area contributed by atoms with Crippen molar-refractivity contribution in [3.63, 3.8) is 0 Å². The number of rotatable bonds is 4. The molecule has 368 valence electrons. The van der Waals surface area contributed by atoms with Gasteiger partial charge in [0.2, 0.25) is 0 Å². The quantitative estimate of drug-likeness (QED) is 0.122. The van der Waals surface area contributed by atoms with Crippen LogP contribution in [0.3, 0.4) is 0 Å². The molecule has 0 fully saturated rings. The molecule has 0 radical (unpaired) electrons. The van der Waals surface area contributed by atoms with Crippen LogP contribution in [0, 0.1) is 6.08 Å². The Kier molecular flexibility index (Phi) is 18.4. The number of benzene rings is 6. The van der Waals surface area contributed by atoms with E-state index in [-0.39, 0.29) is 46.5 Å². The minimum Gasteiger partial charge on any atom is -1.00 e. The molecule has 0 unspecified atom stereocenters. The summed E-state index contributed by atoms with van der Waals surface area (Å²) in [6, 6.07) is 37.7. The van der Waals surface area contributed by atoms with Crippen LogP contribution in [-0.4, -0.2) is 3.21 Å². The van der Waals surface area contributed by atoms with Crippen LogP contribution < -0.4 is 24.8 Å². The minimum atomic E-state index is -4.36. The molecule has 0 saturated heterocycles. The maximum atomic E-state index is 12.8. The Morgan fingerprint density at radius 2 is 0.729 bits per heavy atom. The zero-order chi connectivity index (χ0) is 50.2. The Labute approximate surface area is 439 Å². The van der Waals surface area contributed by atoms with Crippen molar-refractivity contribution in [1.29, 1.82) is 0 Å².